The maximum Gasteiger partial charge on any atom is 0.243 e. The lowest BCUT2D eigenvalue weighted by Gasteiger charge is -2.32. The van der Waals surface area contributed by atoms with Crippen molar-refractivity contribution in [1.29, 1.82) is 0 Å². The zero-order chi connectivity index (χ0) is 21.6. The molecular weight excluding hydrogens is 529 g/mol. The van der Waals surface area contributed by atoms with E-state index < -0.39 is 10.0 Å². The zero-order valence-electron chi connectivity index (χ0n) is 18.5. The van der Waals surface area contributed by atoms with Gasteiger partial charge < -0.3 is 20.6 Å². The van der Waals surface area contributed by atoms with Crippen LogP contribution in [-0.4, -0.2) is 80.6 Å². The normalized spacial score (nSPS) is 23.8. The minimum absolute atomic E-state index is 0. The Balaban J connectivity index is 0.00000341. The van der Waals surface area contributed by atoms with Gasteiger partial charge in [0, 0.05) is 38.8 Å². The van der Waals surface area contributed by atoms with E-state index in [0.717, 1.165) is 45.3 Å². The molecule has 1 aromatic rings. The van der Waals surface area contributed by atoms with Crippen LogP contribution in [-0.2, 0) is 16.6 Å². The van der Waals surface area contributed by atoms with Gasteiger partial charge in [0.2, 0.25) is 10.0 Å². The Labute approximate surface area is 203 Å². The highest BCUT2D eigenvalue weighted by Crippen LogP contribution is 2.22. The first kappa shape index (κ1) is 26.3. The number of aliphatic imine (C=N–C) groups is 1. The van der Waals surface area contributed by atoms with Crippen molar-refractivity contribution in [3.63, 3.8) is 0 Å². The fourth-order valence-corrected chi connectivity index (χ4v) is 5.59. The number of nitrogens with zero attached hydrogens (tertiary/aromatic N) is 3. The number of halogens is 1. The summed E-state index contributed by atoms with van der Waals surface area (Å²) in [7, 11) is -1.53. The molecule has 2 aliphatic rings. The summed E-state index contributed by atoms with van der Waals surface area (Å²) in [5.74, 6) is 0.686. The average molecular weight is 566 g/mol. The molecule has 1 saturated carbocycles. The molecule has 176 valence electrons. The third-order valence-electron chi connectivity index (χ3n) is 5.84. The van der Waals surface area contributed by atoms with Crippen molar-refractivity contribution in [3.8, 4) is 0 Å². The standard InChI is InChI=1S/C21H35N5O3S.HI/c1-3-22-21(24-18-8-10-19(27)11-9-18)23-16-17-6-4-5-7-20(17)30(28,29)26-14-12-25(2)13-15-26;/h4-7,18-19,27H,3,8-16H2,1-2H3,(H2,22,23,24);1H. The van der Waals surface area contributed by atoms with Gasteiger partial charge in [-0.15, -0.1) is 24.0 Å². The number of guanidine groups is 1. The van der Waals surface area contributed by atoms with E-state index in [2.05, 4.69) is 20.5 Å². The molecule has 0 radical (unpaired) electrons. The monoisotopic (exact) mass is 565 g/mol. The van der Waals surface area contributed by atoms with Gasteiger partial charge in [0.1, 0.15) is 0 Å². The highest BCUT2D eigenvalue weighted by Gasteiger charge is 2.29. The van der Waals surface area contributed by atoms with Gasteiger partial charge in [-0.2, -0.15) is 4.31 Å². The van der Waals surface area contributed by atoms with Gasteiger partial charge in [-0.05, 0) is 51.3 Å². The van der Waals surface area contributed by atoms with E-state index >= 15 is 0 Å². The summed E-state index contributed by atoms with van der Waals surface area (Å²) in [4.78, 5) is 7.15. The highest BCUT2D eigenvalue weighted by molar-refractivity contribution is 14.0. The summed E-state index contributed by atoms with van der Waals surface area (Å²) in [5, 5.41) is 16.4. The van der Waals surface area contributed by atoms with E-state index in [9.17, 15) is 13.5 Å². The lowest BCUT2D eigenvalue weighted by atomic mass is 9.93. The molecule has 0 amide bonds. The summed E-state index contributed by atoms with van der Waals surface area (Å²) in [6, 6.07) is 7.42. The van der Waals surface area contributed by atoms with Crippen molar-refractivity contribution >= 4 is 40.0 Å². The summed E-state index contributed by atoms with van der Waals surface area (Å²) in [6.07, 6.45) is 3.20. The van der Waals surface area contributed by atoms with Crippen LogP contribution >= 0.6 is 24.0 Å². The summed E-state index contributed by atoms with van der Waals surface area (Å²) >= 11 is 0. The van der Waals surface area contributed by atoms with Crippen molar-refractivity contribution in [2.75, 3.05) is 39.8 Å². The maximum atomic E-state index is 13.2. The molecule has 0 bridgehead atoms. The second-order valence-electron chi connectivity index (χ2n) is 8.16. The number of benzene rings is 1. The van der Waals surface area contributed by atoms with Gasteiger partial charge in [0.05, 0.1) is 17.5 Å². The SMILES string of the molecule is CCNC(=NCc1ccccc1S(=O)(=O)N1CCN(C)CC1)NC1CCC(O)CC1.I. The predicted molar refractivity (Wildman–Crippen MR) is 134 cm³/mol. The largest absolute Gasteiger partial charge is 0.393 e. The van der Waals surface area contributed by atoms with Crippen LogP contribution in [0.5, 0.6) is 0 Å². The van der Waals surface area contributed by atoms with Crippen LogP contribution in [0.4, 0.5) is 0 Å². The van der Waals surface area contributed by atoms with E-state index in [0.29, 0.717) is 29.5 Å². The van der Waals surface area contributed by atoms with Crippen LogP contribution in [0.2, 0.25) is 0 Å². The molecule has 1 aliphatic carbocycles. The van der Waals surface area contributed by atoms with E-state index in [1.54, 1.807) is 16.4 Å². The molecule has 0 unspecified atom stereocenters. The Kier molecular flexibility index (Phi) is 10.5. The minimum atomic E-state index is -3.54. The van der Waals surface area contributed by atoms with E-state index in [1.165, 1.54) is 0 Å². The number of aliphatic hydroxyl groups is 1. The molecule has 3 N–H and O–H groups in total. The maximum absolute atomic E-state index is 13.2. The van der Waals surface area contributed by atoms with E-state index in [1.807, 2.05) is 26.1 Å². The first-order valence-electron chi connectivity index (χ1n) is 10.9. The van der Waals surface area contributed by atoms with Gasteiger partial charge in [-0.1, -0.05) is 18.2 Å². The Bertz CT molecular complexity index is 820. The number of hydrogen-bond donors (Lipinski definition) is 3. The smallest absolute Gasteiger partial charge is 0.243 e. The van der Waals surface area contributed by atoms with Crippen molar-refractivity contribution in [1.82, 2.24) is 19.8 Å². The molecule has 0 aromatic heterocycles. The van der Waals surface area contributed by atoms with Crippen LogP contribution in [0.1, 0.15) is 38.2 Å². The van der Waals surface area contributed by atoms with Crippen LogP contribution in [0.25, 0.3) is 0 Å². The van der Waals surface area contributed by atoms with Crippen LogP contribution in [0.15, 0.2) is 34.2 Å². The third-order valence-corrected chi connectivity index (χ3v) is 7.84. The zero-order valence-corrected chi connectivity index (χ0v) is 21.6. The number of likely N-dealkylation sites (N-methyl/N-ethyl adjacent to an activating group) is 1. The van der Waals surface area contributed by atoms with Gasteiger partial charge in [0.15, 0.2) is 5.96 Å². The Hall–Kier alpha value is -0.950. The van der Waals surface area contributed by atoms with E-state index in [-0.39, 0.29) is 42.7 Å². The first-order chi connectivity index (χ1) is 14.4. The Morgan fingerprint density at radius 2 is 1.77 bits per heavy atom. The summed E-state index contributed by atoms with van der Waals surface area (Å²) in [6.45, 7) is 5.51. The van der Waals surface area contributed by atoms with E-state index in [4.69, 9.17) is 0 Å². The van der Waals surface area contributed by atoms with Gasteiger partial charge in [-0.3, -0.25) is 0 Å². The summed E-state index contributed by atoms with van der Waals surface area (Å²) in [5.41, 5.74) is 0.702. The molecule has 8 nitrogen and oxygen atoms in total. The molecular formula is C21H36IN5O3S. The van der Waals surface area contributed by atoms with Crippen LogP contribution < -0.4 is 10.6 Å². The molecule has 1 heterocycles. The highest BCUT2D eigenvalue weighted by atomic mass is 127. The average Bonchev–Trinajstić information content (AvgIpc) is 2.74. The Morgan fingerprint density at radius 3 is 2.42 bits per heavy atom. The number of piperazine rings is 1. The number of sulfonamides is 1. The molecule has 1 aliphatic heterocycles. The third kappa shape index (κ3) is 7.28. The lowest BCUT2D eigenvalue weighted by molar-refractivity contribution is 0.120. The van der Waals surface area contributed by atoms with Crippen molar-refractivity contribution < 1.29 is 13.5 Å². The van der Waals surface area contributed by atoms with Crippen LogP contribution in [0.3, 0.4) is 0 Å². The number of aliphatic hydroxyl groups excluding tert-OH is 1. The molecule has 0 spiro atoms. The van der Waals surface area contributed by atoms with Crippen molar-refractivity contribution in [2.24, 2.45) is 4.99 Å². The van der Waals surface area contributed by atoms with Gasteiger partial charge >= 0.3 is 0 Å². The number of rotatable bonds is 6. The lowest BCUT2D eigenvalue weighted by Crippen LogP contribution is -2.47. The molecule has 1 aromatic carbocycles. The number of hydrogen-bond acceptors (Lipinski definition) is 5. The summed E-state index contributed by atoms with van der Waals surface area (Å²) < 4.78 is 28.0. The van der Waals surface area contributed by atoms with Crippen molar-refractivity contribution in [3.05, 3.63) is 29.8 Å². The quantitative estimate of drug-likeness (QED) is 0.276. The van der Waals surface area contributed by atoms with Crippen molar-refractivity contribution in [2.45, 2.75) is 56.2 Å². The predicted octanol–water partition coefficient (Wildman–Crippen LogP) is 1.60. The fraction of sp³-hybridized carbons (Fsp3) is 0.667. The molecule has 31 heavy (non-hydrogen) atoms. The van der Waals surface area contributed by atoms with Crippen LogP contribution in [0, 0.1) is 0 Å². The molecule has 2 fully saturated rings. The molecule has 0 atom stereocenters. The van der Waals surface area contributed by atoms with Gasteiger partial charge in [0.25, 0.3) is 0 Å². The minimum Gasteiger partial charge on any atom is -0.393 e. The molecule has 1 saturated heterocycles. The first-order valence-corrected chi connectivity index (χ1v) is 12.3. The van der Waals surface area contributed by atoms with Gasteiger partial charge in [-0.25, -0.2) is 13.4 Å². The number of nitrogens with one attached hydrogen (secondary N) is 2. The second kappa shape index (κ2) is 12.3. The molecule has 3 rings (SSSR count). The fourth-order valence-electron chi connectivity index (χ4n) is 3.95. The topological polar surface area (TPSA) is 97.3 Å². The Morgan fingerprint density at radius 1 is 1.13 bits per heavy atom. The second-order valence-corrected chi connectivity index (χ2v) is 10.1. The molecule has 10 heteroatoms.